The summed E-state index contributed by atoms with van der Waals surface area (Å²) >= 11 is 0. The van der Waals surface area contributed by atoms with Crippen molar-refractivity contribution < 1.29 is 0 Å². The Kier molecular flexibility index (Phi) is 5.88. The van der Waals surface area contributed by atoms with Crippen LogP contribution in [0.5, 0.6) is 0 Å². The number of hydrogen-bond acceptors (Lipinski definition) is 4. The van der Waals surface area contributed by atoms with E-state index in [9.17, 15) is 0 Å². The highest BCUT2D eigenvalue weighted by Gasteiger charge is 2.32. The van der Waals surface area contributed by atoms with Crippen LogP contribution < -0.4 is 0 Å². The molecule has 2 heterocycles. The third-order valence-electron chi connectivity index (χ3n) is 5.43. The van der Waals surface area contributed by atoms with Gasteiger partial charge in [0.15, 0.2) is 0 Å². The van der Waals surface area contributed by atoms with Gasteiger partial charge in [-0.25, -0.2) is 9.97 Å². The molecule has 134 valence electrons. The molecule has 3 rings (SSSR count). The third kappa shape index (κ3) is 4.76. The molecule has 2 aliphatic rings. The second kappa shape index (κ2) is 7.92. The number of aromatic nitrogens is 2. The van der Waals surface area contributed by atoms with Gasteiger partial charge < -0.3 is 0 Å². The highest BCUT2D eigenvalue weighted by molar-refractivity contribution is 5.05. The molecule has 2 fully saturated rings. The zero-order valence-electron chi connectivity index (χ0n) is 15.9. The molecule has 1 aliphatic carbocycles. The Morgan fingerprint density at radius 3 is 2.62 bits per heavy atom. The molecular weight excluding hydrogens is 296 g/mol. The Bertz CT molecular complexity index is 524. The summed E-state index contributed by atoms with van der Waals surface area (Å²) in [6.45, 7) is 15.0. The fourth-order valence-corrected chi connectivity index (χ4v) is 3.78. The Labute approximate surface area is 147 Å². The van der Waals surface area contributed by atoms with Gasteiger partial charge in [0.25, 0.3) is 0 Å². The van der Waals surface area contributed by atoms with Crippen LogP contribution in [0.1, 0.15) is 64.4 Å². The van der Waals surface area contributed by atoms with Gasteiger partial charge in [-0.3, -0.25) is 9.80 Å². The number of nitrogens with zero attached hydrogens (tertiary/aromatic N) is 4. The molecule has 0 unspecified atom stereocenters. The van der Waals surface area contributed by atoms with Gasteiger partial charge in [0.05, 0.1) is 5.69 Å². The summed E-state index contributed by atoms with van der Waals surface area (Å²) in [6.07, 6.45) is 6.10. The van der Waals surface area contributed by atoms with Gasteiger partial charge >= 0.3 is 0 Å². The average Bonchev–Trinajstić information content (AvgIpc) is 3.36. The van der Waals surface area contributed by atoms with Crippen molar-refractivity contribution in [1.82, 2.24) is 19.8 Å². The highest BCUT2D eigenvalue weighted by Crippen LogP contribution is 2.32. The minimum Gasteiger partial charge on any atom is -0.299 e. The lowest BCUT2D eigenvalue weighted by atomic mass is 10.0. The van der Waals surface area contributed by atoms with Gasteiger partial charge in [0.2, 0.25) is 0 Å². The maximum absolute atomic E-state index is 4.78. The minimum atomic E-state index is 0.395. The van der Waals surface area contributed by atoms with Crippen molar-refractivity contribution >= 4 is 0 Å². The van der Waals surface area contributed by atoms with Crippen molar-refractivity contribution in [1.29, 1.82) is 0 Å². The highest BCUT2D eigenvalue weighted by atomic mass is 15.2. The van der Waals surface area contributed by atoms with E-state index in [1.165, 1.54) is 51.1 Å². The Hall–Kier alpha value is -1.00. The molecule has 0 radical (unpaired) electrons. The molecule has 1 saturated carbocycles. The summed E-state index contributed by atoms with van der Waals surface area (Å²) < 4.78 is 0. The molecular formula is C20H34N4. The van der Waals surface area contributed by atoms with Crippen LogP contribution in [0, 0.1) is 11.8 Å². The molecule has 1 saturated heterocycles. The molecule has 1 aliphatic heterocycles. The molecule has 1 atom stereocenters. The summed E-state index contributed by atoms with van der Waals surface area (Å²) in [4.78, 5) is 14.6. The van der Waals surface area contributed by atoms with Crippen LogP contribution >= 0.6 is 0 Å². The summed E-state index contributed by atoms with van der Waals surface area (Å²) in [5.74, 6) is 3.05. The van der Waals surface area contributed by atoms with Crippen molar-refractivity contribution in [3.05, 3.63) is 23.8 Å². The fraction of sp³-hybridized carbons (Fsp3) is 0.800. The second-order valence-corrected chi connectivity index (χ2v) is 8.40. The van der Waals surface area contributed by atoms with E-state index in [0.29, 0.717) is 17.9 Å². The lowest BCUT2D eigenvalue weighted by Crippen LogP contribution is -2.45. The lowest BCUT2D eigenvalue weighted by Gasteiger charge is -2.34. The van der Waals surface area contributed by atoms with Crippen molar-refractivity contribution in [2.24, 2.45) is 11.8 Å². The SMILES string of the molecule is CC(C)c1nccc(CN2CCCN(CC3CC3)[C@H](C(C)C)C2)n1. The largest absolute Gasteiger partial charge is 0.299 e. The van der Waals surface area contributed by atoms with E-state index in [1.54, 1.807) is 0 Å². The summed E-state index contributed by atoms with van der Waals surface area (Å²) in [7, 11) is 0. The average molecular weight is 331 g/mol. The first-order valence-electron chi connectivity index (χ1n) is 9.81. The van der Waals surface area contributed by atoms with Crippen molar-refractivity contribution in [3.63, 3.8) is 0 Å². The van der Waals surface area contributed by atoms with Crippen LogP contribution in [0.25, 0.3) is 0 Å². The van der Waals surface area contributed by atoms with E-state index in [-0.39, 0.29) is 0 Å². The Balaban J connectivity index is 1.66. The minimum absolute atomic E-state index is 0.395. The van der Waals surface area contributed by atoms with Crippen LogP contribution in [0.15, 0.2) is 12.3 Å². The van der Waals surface area contributed by atoms with Gasteiger partial charge in [0.1, 0.15) is 5.82 Å². The van der Waals surface area contributed by atoms with E-state index >= 15 is 0 Å². The predicted octanol–water partition coefficient (Wildman–Crippen LogP) is 3.54. The summed E-state index contributed by atoms with van der Waals surface area (Å²) in [5.41, 5.74) is 1.17. The molecule has 1 aromatic rings. The molecule has 0 bridgehead atoms. The topological polar surface area (TPSA) is 32.3 Å². The van der Waals surface area contributed by atoms with Gasteiger partial charge in [-0.1, -0.05) is 27.7 Å². The molecule has 0 N–H and O–H groups in total. The van der Waals surface area contributed by atoms with Gasteiger partial charge in [-0.2, -0.15) is 0 Å². The van der Waals surface area contributed by atoms with Crippen LogP contribution in [-0.2, 0) is 6.54 Å². The molecule has 0 spiro atoms. The zero-order valence-corrected chi connectivity index (χ0v) is 15.9. The quantitative estimate of drug-likeness (QED) is 0.798. The Morgan fingerprint density at radius 1 is 1.17 bits per heavy atom. The van der Waals surface area contributed by atoms with Gasteiger partial charge in [0, 0.05) is 37.8 Å². The maximum atomic E-state index is 4.78. The number of rotatable bonds is 6. The second-order valence-electron chi connectivity index (χ2n) is 8.40. The van der Waals surface area contributed by atoms with Crippen LogP contribution in [0.4, 0.5) is 0 Å². The third-order valence-corrected chi connectivity index (χ3v) is 5.43. The standard InChI is InChI=1S/C20H34N4/c1-15(2)19-14-23(10-5-11-24(19)12-17-6-7-17)13-18-8-9-21-20(22-18)16(3)4/h8-9,15-17,19H,5-7,10-14H2,1-4H3/t19-/m0/s1. The Morgan fingerprint density at radius 2 is 1.96 bits per heavy atom. The molecule has 0 amide bonds. The van der Waals surface area contributed by atoms with E-state index in [0.717, 1.165) is 18.3 Å². The molecule has 4 nitrogen and oxygen atoms in total. The van der Waals surface area contributed by atoms with Gasteiger partial charge in [-0.05, 0) is 50.3 Å². The predicted molar refractivity (Wildman–Crippen MR) is 98.9 cm³/mol. The van der Waals surface area contributed by atoms with Crippen molar-refractivity contribution in [3.8, 4) is 0 Å². The normalized spacial score (nSPS) is 23.8. The van der Waals surface area contributed by atoms with Crippen LogP contribution in [0.2, 0.25) is 0 Å². The van der Waals surface area contributed by atoms with E-state index in [2.05, 4.69) is 48.5 Å². The van der Waals surface area contributed by atoms with E-state index < -0.39 is 0 Å². The number of hydrogen-bond donors (Lipinski definition) is 0. The molecule has 4 heteroatoms. The maximum Gasteiger partial charge on any atom is 0.131 e. The van der Waals surface area contributed by atoms with Gasteiger partial charge in [-0.15, -0.1) is 0 Å². The van der Waals surface area contributed by atoms with Crippen molar-refractivity contribution in [2.75, 3.05) is 26.2 Å². The lowest BCUT2D eigenvalue weighted by molar-refractivity contribution is 0.131. The molecule has 0 aromatic carbocycles. The molecule has 1 aromatic heterocycles. The van der Waals surface area contributed by atoms with E-state index in [4.69, 9.17) is 4.98 Å². The first kappa shape index (κ1) is 17.8. The first-order valence-corrected chi connectivity index (χ1v) is 9.81. The molecule has 24 heavy (non-hydrogen) atoms. The van der Waals surface area contributed by atoms with Crippen LogP contribution in [0.3, 0.4) is 0 Å². The zero-order chi connectivity index (χ0) is 17.1. The summed E-state index contributed by atoms with van der Waals surface area (Å²) in [5, 5.41) is 0. The smallest absolute Gasteiger partial charge is 0.131 e. The first-order chi connectivity index (χ1) is 11.5. The van der Waals surface area contributed by atoms with Crippen molar-refractivity contribution in [2.45, 2.75) is 65.5 Å². The van der Waals surface area contributed by atoms with Crippen LogP contribution in [-0.4, -0.2) is 52.0 Å². The van der Waals surface area contributed by atoms with E-state index in [1.807, 2.05) is 6.20 Å². The fourth-order valence-electron chi connectivity index (χ4n) is 3.78. The summed E-state index contributed by atoms with van der Waals surface area (Å²) in [6, 6.07) is 2.77. The monoisotopic (exact) mass is 330 g/mol.